The third kappa shape index (κ3) is 2.88. The van der Waals surface area contributed by atoms with Crippen molar-refractivity contribution in [2.24, 2.45) is 0 Å². The minimum absolute atomic E-state index is 0.302. The summed E-state index contributed by atoms with van der Waals surface area (Å²) in [6, 6.07) is 5.92. The Morgan fingerprint density at radius 1 is 1.44 bits per heavy atom. The van der Waals surface area contributed by atoms with Crippen LogP contribution in [-0.4, -0.2) is 38.2 Å². The lowest BCUT2D eigenvalue weighted by Gasteiger charge is -2.28. The molecule has 0 saturated carbocycles. The lowest BCUT2D eigenvalue weighted by atomic mass is 10.2. The highest BCUT2D eigenvalue weighted by Crippen LogP contribution is 2.24. The van der Waals surface area contributed by atoms with Gasteiger partial charge in [0.2, 0.25) is 0 Å². The van der Waals surface area contributed by atoms with E-state index in [1.807, 2.05) is 32.3 Å². The number of hydrogen-bond donors (Lipinski definition) is 1. The standard InChI is InChI=1S/C12H17ClN2O/c1-15(2)8-9-3-4-10(5-12(9)13)16-11-6-14-7-11/h3-5,11,14H,6-8H2,1-2H3. The molecule has 1 aromatic rings. The average molecular weight is 241 g/mol. The van der Waals surface area contributed by atoms with Gasteiger partial charge >= 0.3 is 0 Å². The van der Waals surface area contributed by atoms with Crippen LogP contribution in [0.5, 0.6) is 5.75 Å². The second kappa shape index (κ2) is 5.04. The molecule has 0 atom stereocenters. The van der Waals surface area contributed by atoms with Crippen LogP contribution in [0.1, 0.15) is 5.56 Å². The predicted molar refractivity (Wildman–Crippen MR) is 66.1 cm³/mol. The second-order valence-electron chi connectivity index (χ2n) is 4.39. The fourth-order valence-corrected chi connectivity index (χ4v) is 1.84. The van der Waals surface area contributed by atoms with Gasteiger partial charge in [-0.05, 0) is 31.8 Å². The molecule has 0 radical (unpaired) electrons. The molecule has 0 aromatic heterocycles. The highest BCUT2D eigenvalue weighted by Gasteiger charge is 2.18. The van der Waals surface area contributed by atoms with Gasteiger partial charge in [-0.25, -0.2) is 0 Å². The van der Waals surface area contributed by atoms with E-state index in [0.29, 0.717) is 6.10 Å². The number of rotatable bonds is 4. The number of benzene rings is 1. The summed E-state index contributed by atoms with van der Waals surface area (Å²) < 4.78 is 5.73. The summed E-state index contributed by atoms with van der Waals surface area (Å²) in [5.74, 6) is 0.860. The Labute approximate surface area is 101 Å². The number of hydrogen-bond acceptors (Lipinski definition) is 3. The van der Waals surface area contributed by atoms with E-state index in [1.165, 1.54) is 0 Å². The van der Waals surface area contributed by atoms with Crippen LogP contribution < -0.4 is 10.1 Å². The van der Waals surface area contributed by atoms with Gasteiger partial charge in [0.1, 0.15) is 11.9 Å². The SMILES string of the molecule is CN(C)Cc1ccc(OC2CNC2)cc1Cl. The molecule has 1 aromatic carbocycles. The van der Waals surface area contributed by atoms with E-state index in [2.05, 4.69) is 10.2 Å². The van der Waals surface area contributed by atoms with Crippen LogP contribution >= 0.6 is 11.6 Å². The van der Waals surface area contributed by atoms with Crippen LogP contribution in [-0.2, 0) is 6.54 Å². The summed E-state index contributed by atoms with van der Waals surface area (Å²) in [5.41, 5.74) is 1.13. The first kappa shape index (κ1) is 11.7. The first-order chi connectivity index (χ1) is 7.65. The Kier molecular flexibility index (Phi) is 3.69. The third-order valence-electron chi connectivity index (χ3n) is 2.56. The molecule has 0 amide bonds. The maximum absolute atomic E-state index is 6.20. The third-order valence-corrected chi connectivity index (χ3v) is 2.91. The molecule has 0 unspecified atom stereocenters. The van der Waals surface area contributed by atoms with Crippen molar-refractivity contribution < 1.29 is 4.74 Å². The minimum atomic E-state index is 0.302. The number of halogens is 1. The monoisotopic (exact) mass is 240 g/mol. The molecular formula is C12H17ClN2O. The number of nitrogens with one attached hydrogen (secondary N) is 1. The van der Waals surface area contributed by atoms with Gasteiger partial charge in [-0.15, -0.1) is 0 Å². The molecule has 1 saturated heterocycles. The Morgan fingerprint density at radius 2 is 2.19 bits per heavy atom. The quantitative estimate of drug-likeness (QED) is 0.868. The Balaban J connectivity index is 2.03. The molecular weight excluding hydrogens is 224 g/mol. The lowest BCUT2D eigenvalue weighted by Crippen LogP contribution is -2.50. The summed E-state index contributed by atoms with van der Waals surface area (Å²) in [5, 5.41) is 3.95. The van der Waals surface area contributed by atoms with Crippen LogP contribution in [0.2, 0.25) is 5.02 Å². The summed E-state index contributed by atoms with van der Waals surface area (Å²) in [7, 11) is 4.06. The maximum Gasteiger partial charge on any atom is 0.123 e. The Hall–Kier alpha value is -0.770. The van der Waals surface area contributed by atoms with Crippen molar-refractivity contribution in [2.45, 2.75) is 12.6 Å². The molecule has 16 heavy (non-hydrogen) atoms. The summed E-state index contributed by atoms with van der Waals surface area (Å²) >= 11 is 6.20. The Morgan fingerprint density at radius 3 is 2.69 bits per heavy atom. The molecule has 1 N–H and O–H groups in total. The fraction of sp³-hybridized carbons (Fsp3) is 0.500. The molecule has 0 bridgehead atoms. The molecule has 4 heteroatoms. The van der Waals surface area contributed by atoms with Gasteiger partial charge in [0.05, 0.1) is 0 Å². The zero-order valence-electron chi connectivity index (χ0n) is 9.66. The topological polar surface area (TPSA) is 24.5 Å². The molecule has 1 fully saturated rings. The predicted octanol–water partition coefficient (Wildman–Crippen LogP) is 1.75. The van der Waals surface area contributed by atoms with Crippen molar-refractivity contribution in [3.05, 3.63) is 28.8 Å². The molecule has 3 nitrogen and oxygen atoms in total. The number of nitrogens with zero attached hydrogens (tertiary/aromatic N) is 1. The largest absolute Gasteiger partial charge is 0.488 e. The van der Waals surface area contributed by atoms with Crippen LogP contribution in [0.4, 0.5) is 0 Å². The highest BCUT2D eigenvalue weighted by atomic mass is 35.5. The summed E-state index contributed by atoms with van der Waals surface area (Å²) in [4.78, 5) is 2.09. The van der Waals surface area contributed by atoms with E-state index in [1.54, 1.807) is 0 Å². The van der Waals surface area contributed by atoms with E-state index in [0.717, 1.165) is 36.0 Å². The minimum Gasteiger partial charge on any atom is -0.488 e. The van der Waals surface area contributed by atoms with Crippen LogP contribution in [0, 0.1) is 0 Å². The van der Waals surface area contributed by atoms with Crippen molar-refractivity contribution >= 4 is 11.6 Å². The van der Waals surface area contributed by atoms with E-state index >= 15 is 0 Å². The molecule has 2 rings (SSSR count). The Bertz CT molecular complexity index is 364. The molecule has 0 aliphatic carbocycles. The molecule has 0 spiro atoms. The van der Waals surface area contributed by atoms with E-state index in [9.17, 15) is 0 Å². The zero-order valence-corrected chi connectivity index (χ0v) is 10.4. The van der Waals surface area contributed by atoms with Crippen LogP contribution in [0.15, 0.2) is 18.2 Å². The zero-order chi connectivity index (χ0) is 11.5. The van der Waals surface area contributed by atoms with Gasteiger partial charge in [-0.2, -0.15) is 0 Å². The fourth-order valence-electron chi connectivity index (χ4n) is 1.61. The lowest BCUT2D eigenvalue weighted by molar-refractivity contribution is 0.142. The van der Waals surface area contributed by atoms with Crippen molar-refractivity contribution in [3.8, 4) is 5.75 Å². The van der Waals surface area contributed by atoms with Crippen LogP contribution in [0.3, 0.4) is 0 Å². The highest BCUT2D eigenvalue weighted by molar-refractivity contribution is 6.31. The van der Waals surface area contributed by atoms with E-state index < -0.39 is 0 Å². The van der Waals surface area contributed by atoms with Gasteiger partial charge in [0.25, 0.3) is 0 Å². The van der Waals surface area contributed by atoms with Gasteiger partial charge in [0, 0.05) is 24.7 Å². The van der Waals surface area contributed by atoms with Gasteiger partial charge in [-0.3, -0.25) is 0 Å². The van der Waals surface area contributed by atoms with Crippen LogP contribution in [0.25, 0.3) is 0 Å². The molecule has 1 aliphatic rings. The first-order valence-electron chi connectivity index (χ1n) is 5.45. The van der Waals surface area contributed by atoms with Crippen molar-refractivity contribution in [3.63, 3.8) is 0 Å². The van der Waals surface area contributed by atoms with Crippen molar-refractivity contribution in [1.29, 1.82) is 0 Å². The maximum atomic E-state index is 6.20. The van der Waals surface area contributed by atoms with Crippen molar-refractivity contribution in [1.82, 2.24) is 10.2 Å². The van der Waals surface area contributed by atoms with Gasteiger partial charge in [-0.1, -0.05) is 17.7 Å². The molecule has 88 valence electrons. The first-order valence-corrected chi connectivity index (χ1v) is 5.83. The van der Waals surface area contributed by atoms with E-state index in [-0.39, 0.29) is 0 Å². The van der Waals surface area contributed by atoms with Crippen molar-refractivity contribution in [2.75, 3.05) is 27.2 Å². The second-order valence-corrected chi connectivity index (χ2v) is 4.80. The van der Waals surface area contributed by atoms with E-state index in [4.69, 9.17) is 16.3 Å². The van der Waals surface area contributed by atoms with Gasteiger partial charge < -0.3 is 15.0 Å². The smallest absolute Gasteiger partial charge is 0.123 e. The van der Waals surface area contributed by atoms with Gasteiger partial charge in [0.15, 0.2) is 0 Å². The summed E-state index contributed by atoms with van der Waals surface area (Å²) in [6.07, 6.45) is 0.302. The normalized spacial score (nSPS) is 16.2. The number of ether oxygens (including phenoxy) is 1. The molecule has 1 aliphatic heterocycles. The molecule has 1 heterocycles. The summed E-state index contributed by atoms with van der Waals surface area (Å²) in [6.45, 7) is 2.71. The average Bonchev–Trinajstić information content (AvgIpc) is 2.15.